The highest BCUT2D eigenvalue weighted by molar-refractivity contribution is 7.99. The van der Waals surface area contributed by atoms with Gasteiger partial charge in [0.2, 0.25) is 5.91 Å². The van der Waals surface area contributed by atoms with Crippen molar-refractivity contribution in [3.63, 3.8) is 0 Å². The summed E-state index contributed by atoms with van der Waals surface area (Å²) in [4.78, 5) is 13.6. The molecule has 2 rings (SSSR count). The normalized spacial score (nSPS) is 17.4. The maximum Gasteiger partial charge on any atom is 0.237 e. The first kappa shape index (κ1) is 22.3. The fourth-order valence-electron chi connectivity index (χ4n) is 2.78. The second-order valence-corrected chi connectivity index (χ2v) is 7.28. The van der Waals surface area contributed by atoms with Crippen LogP contribution in [0.5, 0.6) is 0 Å². The number of nitrogens with one attached hydrogen (secondary N) is 1. The van der Waals surface area contributed by atoms with Crippen LogP contribution in [-0.2, 0) is 14.3 Å². The minimum atomic E-state index is -0.458. The molecule has 1 aliphatic rings. The minimum absolute atomic E-state index is 0. The first-order valence-corrected chi connectivity index (χ1v) is 9.45. The summed E-state index contributed by atoms with van der Waals surface area (Å²) in [5.41, 5.74) is 7.21. The molecule has 142 valence electrons. The second kappa shape index (κ2) is 11.8. The molecule has 2 atom stereocenters. The smallest absolute Gasteiger partial charge is 0.237 e. The van der Waals surface area contributed by atoms with Gasteiger partial charge in [-0.15, -0.1) is 24.2 Å². The average molecular weight is 389 g/mol. The lowest BCUT2D eigenvalue weighted by Gasteiger charge is -2.28. The molecule has 0 spiro atoms. The van der Waals surface area contributed by atoms with Crippen molar-refractivity contribution < 1.29 is 14.3 Å². The zero-order valence-electron chi connectivity index (χ0n) is 14.9. The number of methoxy groups -OCH3 is 1. The number of rotatable bonds is 8. The van der Waals surface area contributed by atoms with Crippen LogP contribution in [0, 0.1) is 5.92 Å². The Hall–Kier alpha value is -0.790. The van der Waals surface area contributed by atoms with Gasteiger partial charge in [0.15, 0.2) is 0 Å². The molecule has 1 saturated heterocycles. The van der Waals surface area contributed by atoms with Crippen LogP contribution in [0.3, 0.4) is 0 Å². The first-order valence-electron chi connectivity index (χ1n) is 8.47. The number of carbonyl (C=O) groups excluding carboxylic acids is 1. The van der Waals surface area contributed by atoms with Gasteiger partial charge in [-0.3, -0.25) is 4.79 Å². The summed E-state index contributed by atoms with van der Waals surface area (Å²) >= 11 is 1.76. The van der Waals surface area contributed by atoms with Gasteiger partial charge in [0.25, 0.3) is 0 Å². The Bertz CT molecular complexity index is 510. The fourth-order valence-corrected chi connectivity index (χ4v) is 3.59. The van der Waals surface area contributed by atoms with E-state index in [1.54, 1.807) is 18.9 Å². The van der Waals surface area contributed by atoms with E-state index in [0.717, 1.165) is 30.8 Å². The predicted molar refractivity (Wildman–Crippen MR) is 104 cm³/mol. The van der Waals surface area contributed by atoms with Gasteiger partial charge in [-0.25, -0.2) is 0 Å². The summed E-state index contributed by atoms with van der Waals surface area (Å²) in [5, 5.41) is 3.03. The van der Waals surface area contributed by atoms with Gasteiger partial charge < -0.3 is 20.5 Å². The standard InChI is InChI=1S/C18H28N2O3S.ClH/c1-13(14-3-5-16(6-4-14)24-12-11-22-2)20-18(21)17(19)15-7-9-23-10-8-15;/h3-6,13,15,17H,7-12,19H2,1-2H3,(H,20,21);1H. The predicted octanol–water partition coefficient (Wildman–Crippen LogP) is 2.78. The van der Waals surface area contributed by atoms with Crippen molar-refractivity contribution in [1.82, 2.24) is 5.32 Å². The maximum absolute atomic E-state index is 12.4. The Morgan fingerprint density at radius 1 is 1.36 bits per heavy atom. The highest BCUT2D eigenvalue weighted by Gasteiger charge is 2.27. The highest BCUT2D eigenvalue weighted by Crippen LogP contribution is 2.22. The Balaban J connectivity index is 0.00000312. The summed E-state index contributed by atoms with van der Waals surface area (Å²) in [6, 6.07) is 7.76. The molecule has 0 bridgehead atoms. The zero-order chi connectivity index (χ0) is 17.4. The van der Waals surface area contributed by atoms with E-state index in [0.29, 0.717) is 13.2 Å². The molecule has 5 nitrogen and oxygen atoms in total. The van der Waals surface area contributed by atoms with Crippen LogP contribution in [0.2, 0.25) is 0 Å². The monoisotopic (exact) mass is 388 g/mol. The van der Waals surface area contributed by atoms with E-state index in [-0.39, 0.29) is 30.3 Å². The van der Waals surface area contributed by atoms with Crippen LogP contribution < -0.4 is 11.1 Å². The molecule has 0 aromatic heterocycles. The third kappa shape index (κ3) is 7.15. The molecule has 7 heteroatoms. The van der Waals surface area contributed by atoms with Crippen molar-refractivity contribution in [2.45, 2.75) is 36.7 Å². The van der Waals surface area contributed by atoms with Crippen LogP contribution in [-0.4, -0.2) is 44.6 Å². The number of benzene rings is 1. The van der Waals surface area contributed by atoms with Gasteiger partial charge in [-0.1, -0.05) is 12.1 Å². The summed E-state index contributed by atoms with van der Waals surface area (Å²) in [6.07, 6.45) is 1.72. The molecule has 0 saturated carbocycles. The van der Waals surface area contributed by atoms with E-state index in [9.17, 15) is 4.79 Å². The number of hydrogen-bond acceptors (Lipinski definition) is 5. The minimum Gasteiger partial charge on any atom is -0.384 e. The number of halogens is 1. The molecular formula is C18H29ClN2O3S. The number of hydrogen-bond donors (Lipinski definition) is 2. The lowest BCUT2D eigenvalue weighted by molar-refractivity contribution is -0.125. The van der Waals surface area contributed by atoms with E-state index in [1.807, 2.05) is 6.92 Å². The maximum atomic E-state index is 12.4. The van der Waals surface area contributed by atoms with Gasteiger partial charge in [-0.2, -0.15) is 0 Å². The van der Waals surface area contributed by atoms with E-state index in [2.05, 4.69) is 29.6 Å². The molecule has 2 unspecified atom stereocenters. The quantitative estimate of drug-likeness (QED) is 0.529. The highest BCUT2D eigenvalue weighted by atomic mass is 35.5. The Kier molecular flexibility index (Phi) is 10.5. The topological polar surface area (TPSA) is 73.6 Å². The van der Waals surface area contributed by atoms with Crippen molar-refractivity contribution in [3.05, 3.63) is 29.8 Å². The number of amides is 1. The number of nitrogens with two attached hydrogens (primary N) is 1. The molecule has 1 aromatic rings. The Morgan fingerprint density at radius 3 is 2.60 bits per heavy atom. The van der Waals surface area contributed by atoms with E-state index < -0.39 is 6.04 Å². The van der Waals surface area contributed by atoms with Gasteiger partial charge in [-0.05, 0) is 43.4 Å². The van der Waals surface area contributed by atoms with Crippen molar-refractivity contribution in [1.29, 1.82) is 0 Å². The summed E-state index contributed by atoms with van der Waals surface area (Å²) < 4.78 is 10.4. The number of carbonyl (C=O) groups is 1. The summed E-state index contributed by atoms with van der Waals surface area (Å²) in [5.74, 6) is 1.07. The lowest BCUT2D eigenvalue weighted by Crippen LogP contribution is -2.47. The van der Waals surface area contributed by atoms with E-state index in [4.69, 9.17) is 15.2 Å². The van der Waals surface area contributed by atoms with Crippen LogP contribution in [0.25, 0.3) is 0 Å². The molecule has 3 N–H and O–H groups in total. The zero-order valence-corrected chi connectivity index (χ0v) is 16.5. The van der Waals surface area contributed by atoms with Crippen molar-refractivity contribution >= 4 is 30.1 Å². The third-order valence-electron chi connectivity index (χ3n) is 4.37. The lowest BCUT2D eigenvalue weighted by atomic mass is 9.91. The van der Waals surface area contributed by atoms with Gasteiger partial charge in [0.1, 0.15) is 0 Å². The molecule has 1 fully saturated rings. The van der Waals surface area contributed by atoms with Crippen molar-refractivity contribution in [2.75, 3.05) is 32.7 Å². The number of ether oxygens (including phenoxy) is 2. The van der Waals surface area contributed by atoms with Crippen molar-refractivity contribution in [2.24, 2.45) is 11.7 Å². The van der Waals surface area contributed by atoms with Gasteiger partial charge >= 0.3 is 0 Å². The number of thioether (sulfide) groups is 1. The summed E-state index contributed by atoms with van der Waals surface area (Å²) in [7, 11) is 1.71. The molecular weight excluding hydrogens is 360 g/mol. The molecule has 0 radical (unpaired) electrons. The second-order valence-electron chi connectivity index (χ2n) is 6.12. The fraction of sp³-hybridized carbons (Fsp3) is 0.611. The average Bonchev–Trinajstić information content (AvgIpc) is 2.62. The molecule has 0 aliphatic carbocycles. The van der Waals surface area contributed by atoms with Gasteiger partial charge in [0, 0.05) is 31.0 Å². The Morgan fingerprint density at radius 2 is 2.00 bits per heavy atom. The Labute approximate surface area is 160 Å². The van der Waals surface area contributed by atoms with Crippen LogP contribution in [0.15, 0.2) is 29.2 Å². The van der Waals surface area contributed by atoms with Crippen LogP contribution in [0.1, 0.15) is 31.4 Å². The molecule has 1 heterocycles. The van der Waals surface area contributed by atoms with E-state index in [1.165, 1.54) is 4.90 Å². The van der Waals surface area contributed by atoms with Crippen LogP contribution >= 0.6 is 24.2 Å². The van der Waals surface area contributed by atoms with Crippen LogP contribution in [0.4, 0.5) is 0 Å². The summed E-state index contributed by atoms with van der Waals surface area (Å²) in [6.45, 7) is 4.12. The van der Waals surface area contributed by atoms with Gasteiger partial charge in [0.05, 0.1) is 18.7 Å². The van der Waals surface area contributed by atoms with E-state index >= 15 is 0 Å². The SMILES string of the molecule is COCCSc1ccc(C(C)NC(=O)C(N)C2CCOCC2)cc1.Cl. The largest absolute Gasteiger partial charge is 0.384 e. The first-order chi connectivity index (χ1) is 11.6. The van der Waals surface area contributed by atoms with Crippen molar-refractivity contribution in [3.8, 4) is 0 Å². The molecule has 1 amide bonds. The molecule has 25 heavy (non-hydrogen) atoms. The molecule has 1 aliphatic heterocycles. The third-order valence-corrected chi connectivity index (χ3v) is 5.35. The molecule has 1 aromatic carbocycles.